The third-order valence-electron chi connectivity index (χ3n) is 4.83. The third kappa shape index (κ3) is 4.87. The van der Waals surface area contributed by atoms with Crippen molar-refractivity contribution in [3.05, 3.63) is 95.1 Å². The Kier molecular flexibility index (Phi) is 6.86. The monoisotopic (exact) mass is 403 g/mol. The Hall–Kier alpha value is -3.60. The molecule has 0 radical (unpaired) electrons. The lowest BCUT2D eigenvalue weighted by atomic mass is 10.0. The second-order valence-electron chi connectivity index (χ2n) is 6.86. The minimum absolute atomic E-state index is 0.443. The van der Waals surface area contributed by atoms with Gasteiger partial charge >= 0.3 is 5.97 Å². The first kappa shape index (κ1) is 21.1. The number of esters is 1. The molecule has 0 saturated carbocycles. The minimum atomic E-state index is -1.10. The molecular formula is C25H25NO4. The lowest BCUT2D eigenvalue weighted by Gasteiger charge is -2.20. The van der Waals surface area contributed by atoms with Crippen LogP contribution < -0.4 is 10.1 Å². The Morgan fingerprint density at radius 2 is 1.60 bits per heavy atom. The molecule has 0 aliphatic heterocycles. The van der Waals surface area contributed by atoms with Crippen LogP contribution >= 0.6 is 0 Å². The van der Waals surface area contributed by atoms with Crippen LogP contribution in [0.25, 0.3) is 0 Å². The number of aryl methyl sites for hydroxylation is 1. The highest BCUT2D eigenvalue weighted by molar-refractivity contribution is 5.99. The molecular weight excluding hydrogens is 378 g/mol. The predicted octanol–water partition coefficient (Wildman–Crippen LogP) is 5.24. The number of carbonyl (C=O) groups is 2. The van der Waals surface area contributed by atoms with Gasteiger partial charge in [-0.05, 0) is 50.1 Å². The van der Waals surface area contributed by atoms with Crippen LogP contribution in [0.15, 0.2) is 72.8 Å². The first-order chi connectivity index (χ1) is 14.5. The number of hydrogen-bond acceptors (Lipinski definition) is 4. The van der Waals surface area contributed by atoms with Crippen molar-refractivity contribution in [2.24, 2.45) is 0 Å². The van der Waals surface area contributed by atoms with Gasteiger partial charge in [0.05, 0.1) is 17.9 Å². The van der Waals surface area contributed by atoms with Gasteiger partial charge in [-0.15, -0.1) is 0 Å². The van der Waals surface area contributed by atoms with Gasteiger partial charge in [0.1, 0.15) is 5.75 Å². The van der Waals surface area contributed by atoms with Crippen molar-refractivity contribution in [1.82, 2.24) is 0 Å². The summed E-state index contributed by atoms with van der Waals surface area (Å²) in [5.41, 5.74) is 3.36. The van der Waals surface area contributed by atoms with Gasteiger partial charge in [-0.2, -0.15) is 0 Å². The molecule has 0 unspecified atom stereocenters. The number of hydrogen-bond donors (Lipinski definition) is 1. The molecule has 0 aliphatic rings. The molecule has 1 atom stereocenters. The van der Waals surface area contributed by atoms with E-state index in [1.165, 1.54) is 0 Å². The van der Waals surface area contributed by atoms with Crippen LogP contribution in [0, 0.1) is 13.8 Å². The highest BCUT2D eigenvalue weighted by atomic mass is 16.5. The number of para-hydroxylation sites is 2. The first-order valence-electron chi connectivity index (χ1n) is 9.86. The fourth-order valence-electron chi connectivity index (χ4n) is 3.09. The Labute approximate surface area is 176 Å². The van der Waals surface area contributed by atoms with E-state index >= 15 is 0 Å². The molecule has 0 spiro atoms. The summed E-state index contributed by atoms with van der Waals surface area (Å²) in [5, 5.41) is 2.84. The number of ether oxygens (including phenoxy) is 2. The molecule has 0 fully saturated rings. The highest BCUT2D eigenvalue weighted by Crippen LogP contribution is 2.27. The summed E-state index contributed by atoms with van der Waals surface area (Å²) in [6, 6.07) is 21.6. The standard InChI is InChI=1S/C25H25NO4/c1-4-29-22-16-9-8-15-21(22)26-24(27)23(19-12-6-5-7-13-19)30-25(28)20-14-10-11-17(2)18(20)3/h5-16,23H,4H2,1-3H3,(H,26,27)/t23-/m1/s1. The number of anilines is 1. The van der Waals surface area contributed by atoms with Crippen LogP contribution in [0.1, 0.15) is 40.1 Å². The van der Waals surface area contributed by atoms with Crippen LogP contribution in [-0.2, 0) is 9.53 Å². The van der Waals surface area contributed by atoms with Gasteiger partial charge in [0.2, 0.25) is 6.10 Å². The Morgan fingerprint density at radius 3 is 2.33 bits per heavy atom. The van der Waals surface area contributed by atoms with E-state index in [1.54, 1.807) is 54.6 Å². The maximum Gasteiger partial charge on any atom is 0.339 e. The first-order valence-corrected chi connectivity index (χ1v) is 9.86. The Balaban J connectivity index is 1.89. The van der Waals surface area contributed by atoms with Crippen LogP contribution in [0.3, 0.4) is 0 Å². The van der Waals surface area contributed by atoms with Gasteiger partial charge < -0.3 is 14.8 Å². The third-order valence-corrected chi connectivity index (χ3v) is 4.83. The number of nitrogens with one attached hydrogen (secondary N) is 1. The van der Waals surface area contributed by atoms with Gasteiger partial charge in [0, 0.05) is 5.56 Å². The van der Waals surface area contributed by atoms with Crippen LogP contribution in [0.5, 0.6) is 5.75 Å². The van der Waals surface area contributed by atoms with E-state index in [9.17, 15) is 9.59 Å². The summed E-state index contributed by atoms with van der Waals surface area (Å²) in [4.78, 5) is 26.0. The summed E-state index contributed by atoms with van der Waals surface area (Å²) in [6.45, 7) is 6.13. The van der Waals surface area contributed by atoms with Gasteiger partial charge in [-0.25, -0.2) is 4.79 Å². The zero-order valence-electron chi connectivity index (χ0n) is 17.3. The molecule has 0 aliphatic carbocycles. The maximum atomic E-state index is 13.1. The van der Waals surface area contributed by atoms with E-state index in [4.69, 9.17) is 9.47 Å². The van der Waals surface area contributed by atoms with Crippen LogP contribution in [-0.4, -0.2) is 18.5 Å². The highest BCUT2D eigenvalue weighted by Gasteiger charge is 2.27. The normalized spacial score (nSPS) is 11.4. The van der Waals surface area contributed by atoms with E-state index in [2.05, 4.69) is 5.32 Å². The zero-order chi connectivity index (χ0) is 21.5. The van der Waals surface area contributed by atoms with Gasteiger partial charge in [-0.1, -0.05) is 54.6 Å². The predicted molar refractivity (Wildman–Crippen MR) is 117 cm³/mol. The van der Waals surface area contributed by atoms with E-state index in [0.717, 1.165) is 11.1 Å². The second kappa shape index (κ2) is 9.74. The maximum absolute atomic E-state index is 13.1. The second-order valence-corrected chi connectivity index (χ2v) is 6.86. The largest absolute Gasteiger partial charge is 0.492 e. The van der Waals surface area contributed by atoms with Crippen molar-refractivity contribution < 1.29 is 19.1 Å². The lowest BCUT2D eigenvalue weighted by molar-refractivity contribution is -0.125. The van der Waals surface area contributed by atoms with Crippen LogP contribution in [0.4, 0.5) is 5.69 Å². The number of benzene rings is 3. The summed E-state index contributed by atoms with van der Waals surface area (Å²) in [6.07, 6.45) is -1.10. The fourth-order valence-corrected chi connectivity index (χ4v) is 3.09. The molecule has 0 saturated heterocycles. The van der Waals surface area contributed by atoms with Crippen LogP contribution in [0.2, 0.25) is 0 Å². The van der Waals surface area contributed by atoms with E-state index in [-0.39, 0.29) is 0 Å². The summed E-state index contributed by atoms with van der Waals surface area (Å²) < 4.78 is 11.3. The van der Waals surface area contributed by atoms with Crippen molar-refractivity contribution in [2.45, 2.75) is 26.9 Å². The van der Waals surface area contributed by atoms with Gasteiger partial charge in [0.25, 0.3) is 5.91 Å². The van der Waals surface area contributed by atoms with Gasteiger partial charge in [-0.3, -0.25) is 4.79 Å². The molecule has 3 aromatic carbocycles. The molecule has 0 bridgehead atoms. The number of amides is 1. The SMILES string of the molecule is CCOc1ccccc1NC(=O)[C@H](OC(=O)c1cccc(C)c1C)c1ccccc1. The molecule has 1 N–H and O–H groups in total. The lowest BCUT2D eigenvalue weighted by Crippen LogP contribution is -2.26. The zero-order valence-corrected chi connectivity index (χ0v) is 17.3. The van der Waals surface area contributed by atoms with E-state index in [0.29, 0.717) is 29.2 Å². The summed E-state index contributed by atoms with van der Waals surface area (Å²) >= 11 is 0. The van der Waals surface area contributed by atoms with E-state index in [1.807, 2.05) is 39.0 Å². The molecule has 3 rings (SSSR count). The molecule has 0 heterocycles. The summed E-state index contributed by atoms with van der Waals surface area (Å²) in [5.74, 6) is -0.439. The topological polar surface area (TPSA) is 64.6 Å². The number of carbonyl (C=O) groups excluding carboxylic acids is 2. The average molecular weight is 403 g/mol. The average Bonchev–Trinajstić information content (AvgIpc) is 2.76. The molecule has 3 aromatic rings. The number of rotatable bonds is 7. The Morgan fingerprint density at radius 1 is 0.900 bits per heavy atom. The quantitative estimate of drug-likeness (QED) is 0.548. The van der Waals surface area contributed by atoms with Crippen molar-refractivity contribution in [1.29, 1.82) is 0 Å². The molecule has 1 amide bonds. The van der Waals surface area contributed by atoms with E-state index < -0.39 is 18.0 Å². The smallest absolute Gasteiger partial charge is 0.339 e. The molecule has 5 heteroatoms. The van der Waals surface area contributed by atoms with Crippen molar-refractivity contribution in [3.8, 4) is 5.75 Å². The molecule has 5 nitrogen and oxygen atoms in total. The van der Waals surface area contributed by atoms with Crippen molar-refractivity contribution >= 4 is 17.6 Å². The van der Waals surface area contributed by atoms with Crippen molar-refractivity contribution in [3.63, 3.8) is 0 Å². The summed E-state index contributed by atoms with van der Waals surface area (Å²) in [7, 11) is 0. The Bertz CT molecular complexity index is 1030. The van der Waals surface area contributed by atoms with Crippen molar-refractivity contribution in [2.75, 3.05) is 11.9 Å². The molecule has 30 heavy (non-hydrogen) atoms. The fraction of sp³-hybridized carbons (Fsp3) is 0.200. The molecule has 0 aromatic heterocycles. The molecule has 154 valence electrons. The minimum Gasteiger partial charge on any atom is -0.492 e. The van der Waals surface area contributed by atoms with Gasteiger partial charge in [0.15, 0.2) is 0 Å².